The summed E-state index contributed by atoms with van der Waals surface area (Å²) in [5.74, 6) is 0.955. The van der Waals surface area contributed by atoms with E-state index in [0.29, 0.717) is 24.9 Å². The third-order valence-corrected chi connectivity index (χ3v) is 4.11. The van der Waals surface area contributed by atoms with E-state index in [2.05, 4.69) is 13.8 Å². The second-order valence-electron chi connectivity index (χ2n) is 5.69. The van der Waals surface area contributed by atoms with E-state index in [1.54, 1.807) is 0 Å². The van der Waals surface area contributed by atoms with Gasteiger partial charge in [0.2, 0.25) is 0 Å². The van der Waals surface area contributed by atoms with Gasteiger partial charge in [0.05, 0.1) is 24.6 Å². The molecule has 3 nitrogen and oxygen atoms in total. The maximum absolute atomic E-state index is 12.6. The molecule has 110 valence electrons. The molecule has 1 amide bonds. The molecule has 2 unspecified atom stereocenters. The highest BCUT2D eigenvalue weighted by atomic mass is 35.5. The van der Waals surface area contributed by atoms with E-state index in [1.165, 1.54) is 5.56 Å². The summed E-state index contributed by atoms with van der Waals surface area (Å²) < 4.78 is 5.58. The molecule has 4 heteroatoms. The quantitative estimate of drug-likeness (QED) is 0.801. The standard InChI is InChI=1S/C16H22ClNO2/c1-11(2)13-4-6-14(7-5-13)16(19)18-9-15(8-17)20-10-12(18)3/h4-7,11-12,15H,8-10H2,1-3H3. The molecule has 2 rings (SSSR count). The highest BCUT2D eigenvalue weighted by Gasteiger charge is 2.29. The zero-order chi connectivity index (χ0) is 14.7. The van der Waals surface area contributed by atoms with E-state index in [1.807, 2.05) is 36.1 Å². The Bertz CT molecular complexity index is 458. The van der Waals surface area contributed by atoms with Crippen LogP contribution in [0.25, 0.3) is 0 Å². The van der Waals surface area contributed by atoms with Gasteiger partial charge in [-0.3, -0.25) is 4.79 Å². The minimum Gasteiger partial charge on any atom is -0.373 e. The number of carbonyl (C=O) groups is 1. The molecule has 0 radical (unpaired) electrons. The fourth-order valence-electron chi connectivity index (χ4n) is 2.37. The van der Waals surface area contributed by atoms with Gasteiger partial charge in [-0.05, 0) is 30.5 Å². The molecule has 1 aliphatic heterocycles. The van der Waals surface area contributed by atoms with Crippen molar-refractivity contribution >= 4 is 17.5 Å². The van der Waals surface area contributed by atoms with E-state index in [9.17, 15) is 4.79 Å². The minimum atomic E-state index is -0.0632. The predicted octanol–water partition coefficient (Wildman–Crippen LogP) is 3.28. The van der Waals surface area contributed by atoms with E-state index in [0.717, 1.165) is 5.56 Å². The number of carbonyl (C=O) groups excluding carboxylic acids is 1. The molecular weight excluding hydrogens is 274 g/mol. The average molecular weight is 296 g/mol. The Balaban J connectivity index is 2.13. The van der Waals surface area contributed by atoms with Crippen molar-refractivity contribution in [2.45, 2.75) is 38.8 Å². The summed E-state index contributed by atoms with van der Waals surface area (Å²) in [7, 11) is 0. The van der Waals surface area contributed by atoms with Crippen LogP contribution in [0, 0.1) is 0 Å². The monoisotopic (exact) mass is 295 g/mol. The zero-order valence-corrected chi connectivity index (χ0v) is 13.1. The fraction of sp³-hybridized carbons (Fsp3) is 0.562. The Morgan fingerprint density at radius 3 is 2.60 bits per heavy atom. The lowest BCUT2D eigenvalue weighted by atomic mass is 10.0. The van der Waals surface area contributed by atoms with Crippen LogP contribution in [0.5, 0.6) is 0 Å². The van der Waals surface area contributed by atoms with Gasteiger partial charge in [0.1, 0.15) is 0 Å². The van der Waals surface area contributed by atoms with Crippen LogP contribution in [0.1, 0.15) is 42.6 Å². The minimum absolute atomic E-state index is 0.0613. The second kappa shape index (κ2) is 6.59. The summed E-state index contributed by atoms with van der Waals surface area (Å²) in [6.45, 7) is 7.41. The van der Waals surface area contributed by atoms with Crippen LogP contribution < -0.4 is 0 Å². The van der Waals surface area contributed by atoms with Gasteiger partial charge in [-0.1, -0.05) is 26.0 Å². The molecule has 1 saturated heterocycles. The van der Waals surface area contributed by atoms with Crippen LogP contribution in [-0.2, 0) is 4.74 Å². The molecule has 1 aromatic carbocycles. The highest BCUT2D eigenvalue weighted by Crippen LogP contribution is 2.19. The Morgan fingerprint density at radius 2 is 2.05 bits per heavy atom. The molecule has 0 N–H and O–H groups in total. The normalized spacial score (nSPS) is 23.1. The lowest BCUT2D eigenvalue weighted by Crippen LogP contribution is -2.51. The van der Waals surface area contributed by atoms with Gasteiger partial charge in [0, 0.05) is 12.1 Å². The number of benzene rings is 1. The van der Waals surface area contributed by atoms with Gasteiger partial charge in [-0.15, -0.1) is 11.6 Å². The van der Waals surface area contributed by atoms with Crippen molar-refractivity contribution < 1.29 is 9.53 Å². The van der Waals surface area contributed by atoms with E-state index in [4.69, 9.17) is 16.3 Å². The number of hydrogen-bond acceptors (Lipinski definition) is 2. The summed E-state index contributed by atoms with van der Waals surface area (Å²) in [6, 6.07) is 7.97. The van der Waals surface area contributed by atoms with Gasteiger partial charge in [0.25, 0.3) is 5.91 Å². The molecule has 0 bridgehead atoms. The number of ether oxygens (including phenoxy) is 1. The van der Waals surface area contributed by atoms with Gasteiger partial charge in [-0.25, -0.2) is 0 Å². The highest BCUT2D eigenvalue weighted by molar-refractivity contribution is 6.18. The van der Waals surface area contributed by atoms with Gasteiger partial charge in [0.15, 0.2) is 0 Å². The number of morpholine rings is 1. The van der Waals surface area contributed by atoms with Crippen molar-refractivity contribution in [2.75, 3.05) is 19.0 Å². The number of alkyl halides is 1. The van der Waals surface area contributed by atoms with Gasteiger partial charge in [-0.2, -0.15) is 0 Å². The Morgan fingerprint density at radius 1 is 1.40 bits per heavy atom. The van der Waals surface area contributed by atoms with E-state index >= 15 is 0 Å². The molecule has 0 saturated carbocycles. The third kappa shape index (κ3) is 3.33. The predicted molar refractivity (Wildman–Crippen MR) is 81.5 cm³/mol. The Hall–Kier alpha value is -1.06. The van der Waals surface area contributed by atoms with Crippen molar-refractivity contribution in [1.29, 1.82) is 0 Å². The summed E-state index contributed by atoms with van der Waals surface area (Å²) in [5, 5.41) is 0. The van der Waals surface area contributed by atoms with Crippen LogP contribution in [0.4, 0.5) is 0 Å². The fourth-order valence-corrected chi connectivity index (χ4v) is 2.56. The van der Waals surface area contributed by atoms with Crippen LogP contribution in [0.15, 0.2) is 24.3 Å². The van der Waals surface area contributed by atoms with Crippen LogP contribution >= 0.6 is 11.6 Å². The number of hydrogen-bond donors (Lipinski definition) is 0. The topological polar surface area (TPSA) is 29.5 Å². The molecule has 1 heterocycles. The lowest BCUT2D eigenvalue weighted by molar-refractivity contribution is -0.0371. The molecule has 0 aromatic heterocycles. The molecular formula is C16H22ClNO2. The Labute approximate surface area is 125 Å². The van der Waals surface area contributed by atoms with Crippen LogP contribution in [-0.4, -0.2) is 42.0 Å². The lowest BCUT2D eigenvalue weighted by Gasteiger charge is -2.37. The van der Waals surface area contributed by atoms with Crippen molar-refractivity contribution in [1.82, 2.24) is 4.90 Å². The summed E-state index contributed by atoms with van der Waals surface area (Å²) in [6.07, 6.45) is -0.0632. The van der Waals surface area contributed by atoms with Gasteiger partial charge < -0.3 is 9.64 Å². The first-order valence-corrected chi connectivity index (χ1v) is 7.65. The summed E-state index contributed by atoms with van der Waals surface area (Å²) in [4.78, 5) is 14.4. The molecule has 1 aromatic rings. The number of rotatable bonds is 3. The van der Waals surface area contributed by atoms with E-state index < -0.39 is 0 Å². The summed E-state index contributed by atoms with van der Waals surface area (Å²) >= 11 is 5.84. The van der Waals surface area contributed by atoms with Crippen molar-refractivity contribution in [3.63, 3.8) is 0 Å². The molecule has 0 spiro atoms. The molecule has 1 aliphatic rings. The molecule has 20 heavy (non-hydrogen) atoms. The maximum Gasteiger partial charge on any atom is 0.254 e. The molecule has 0 aliphatic carbocycles. The number of nitrogens with zero attached hydrogens (tertiary/aromatic N) is 1. The maximum atomic E-state index is 12.6. The first kappa shape index (κ1) is 15.3. The van der Waals surface area contributed by atoms with Gasteiger partial charge >= 0.3 is 0 Å². The number of amides is 1. The first-order valence-electron chi connectivity index (χ1n) is 7.11. The third-order valence-electron chi connectivity index (χ3n) is 3.76. The van der Waals surface area contributed by atoms with Crippen LogP contribution in [0.2, 0.25) is 0 Å². The van der Waals surface area contributed by atoms with Crippen molar-refractivity contribution in [3.8, 4) is 0 Å². The first-order chi connectivity index (χ1) is 9.52. The van der Waals surface area contributed by atoms with Crippen molar-refractivity contribution in [3.05, 3.63) is 35.4 Å². The zero-order valence-electron chi connectivity index (χ0n) is 12.3. The molecule has 2 atom stereocenters. The smallest absolute Gasteiger partial charge is 0.254 e. The number of halogens is 1. The summed E-state index contributed by atoms with van der Waals surface area (Å²) in [5.41, 5.74) is 1.98. The van der Waals surface area contributed by atoms with E-state index in [-0.39, 0.29) is 18.1 Å². The SMILES string of the molecule is CC(C)c1ccc(C(=O)N2CC(CCl)OCC2C)cc1. The van der Waals surface area contributed by atoms with Crippen molar-refractivity contribution in [2.24, 2.45) is 0 Å². The largest absolute Gasteiger partial charge is 0.373 e. The molecule has 1 fully saturated rings. The second-order valence-corrected chi connectivity index (χ2v) is 6.00. The average Bonchev–Trinajstić information content (AvgIpc) is 2.47. The van der Waals surface area contributed by atoms with Crippen LogP contribution in [0.3, 0.4) is 0 Å². The Kier molecular flexibility index (Phi) is 5.06.